The van der Waals surface area contributed by atoms with Crippen molar-refractivity contribution >= 4 is 0 Å². The van der Waals surface area contributed by atoms with Gasteiger partial charge in [-0.2, -0.15) is 0 Å². The minimum atomic E-state index is -5.03. The summed E-state index contributed by atoms with van der Waals surface area (Å²) in [5.41, 5.74) is 4.19. The standard InChI is InChI=1S/C7H5F5N2O/c8-4-2-14-6(15-7(10,11)12)3(1-13)5(4)9/h2H,1,13H2. The number of pyridine rings is 1. The third-order valence-electron chi connectivity index (χ3n) is 1.44. The zero-order valence-corrected chi connectivity index (χ0v) is 7.11. The lowest BCUT2D eigenvalue weighted by Gasteiger charge is -2.11. The van der Waals surface area contributed by atoms with E-state index in [1.165, 1.54) is 0 Å². The van der Waals surface area contributed by atoms with Crippen LogP contribution in [0.2, 0.25) is 0 Å². The minimum Gasteiger partial charge on any atom is -0.387 e. The summed E-state index contributed by atoms with van der Waals surface area (Å²) >= 11 is 0. The number of alkyl halides is 3. The molecule has 0 spiro atoms. The van der Waals surface area contributed by atoms with Crippen molar-refractivity contribution < 1.29 is 26.7 Å². The van der Waals surface area contributed by atoms with Crippen molar-refractivity contribution in [3.8, 4) is 5.88 Å². The maximum Gasteiger partial charge on any atom is 0.574 e. The summed E-state index contributed by atoms with van der Waals surface area (Å²) in [5, 5.41) is 0. The largest absolute Gasteiger partial charge is 0.574 e. The van der Waals surface area contributed by atoms with Crippen LogP contribution in [0.3, 0.4) is 0 Å². The first kappa shape index (κ1) is 11.6. The van der Waals surface area contributed by atoms with E-state index in [9.17, 15) is 22.0 Å². The van der Waals surface area contributed by atoms with Gasteiger partial charge >= 0.3 is 6.36 Å². The molecule has 1 rings (SSSR count). The maximum absolute atomic E-state index is 12.9. The molecule has 0 saturated carbocycles. The predicted octanol–water partition coefficient (Wildman–Crippen LogP) is 1.72. The summed E-state index contributed by atoms with van der Waals surface area (Å²) in [6.45, 7) is -0.651. The Morgan fingerprint density at radius 2 is 1.93 bits per heavy atom. The van der Waals surface area contributed by atoms with Crippen molar-refractivity contribution in [2.24, 2.45) is 5.73 Å². The number of nitrogens with zero attached hydrogens (tertiary/aromatic N) is 1. The van der Waals surface area contributed by atoms with Gasteiger partial charge in [-0.25, -0.2) is 13.8 Å². The molecule has 15 heavy (non-hydrogen) atoms. The minimum absolute atomic E-state index is 0.287. The quantitative estimate of drug-likeness (QED) is 0.784. The molecular formula is C7H5F5N2O. The molecule has 0 aliphatic rings. The lowest BCUT2D eigenvalue weighted by Crippen LogP contribution is -2.20. The van der Waals surface area contributed by atoms with E-state index >= 15 is 0 Å². The SMILES string of the molecule is NCc1c(OC(F)(F)F)ncc(F)c1F. The van der Waals surface area contributed by atoms with Crippen molar-refractivity contribution in [3.63, 3.8) is 0 Å². The first-order valence-corrected chi connectivity index (χ1v) is 3.64. The zero-order valence-electron chi connectivity index (χ0n) is 7.11. The molecule has 2 N–H and O–H groups in total. The number of aromatic nitrogens is 1. The van der Waals surface area contributed by atoms with Crippen LogP contribution in [-0.2, 0) is 6.54 Å². The molecule has 0 unspecified atom stereocenters. The molecule has 1 aromatic heterocycles. The molecule has 3 nitrogen and oxygen atoms in total. The van der Waals surface area contributed by atoms with E-state index in [4.69, 9.17) is 5.73 Å². The Bertz CT molecular complexity index is 365. The van der Waals surface area contributed by atoms with E-state index in [0.29, 0.717) is 0 Å². The van der Waals surface area contributed by atoms with Gasteiger partial charge in [0, 0.05) is 6.54 Å². The molecule has 0 bridgehead atoms. The highest BCUT2D eigenvalue weighted by Gasteiger charge is 2.33. The van der Waals surface area contributed by atoms with Gasteiger partial charge in [0.1, 0.15) is 0 Å². The Morgan fingerprint density at radius 1 is 1.33 bits per heavy atom. The fourth-order valence-corrected chi connectivity index (χ4v) is 0.862. The van der Waals surface area contributed by atoms with Crippen LogP contribution in [0.25, 0.3) is 0 Å². The van der Waals surface area contributed by atoms with Crippen molar-refractivity contribution in [2.45, 2.75) is 12.9 Å². The van der Waals surface area contributed by atoms with Gasteiger partial charge in [0.15, 0.2) is 11.6 Å². The molecule has 0 amide bonds. The van der Waals surface area contributed by atoms with E-state index in [1.807, 2.05) is 0 Å². The average Bonchev–Trinajstić information content (AvgIpc) is 2.10. The Kier molecular flexibility index (Phi) is 3.08. The maximum atomic E-state index is 12.9. The number of ether oxygens (including phenoxy) is 1. The second kappa shape index (κ2) is 3.97. The smallest absolute Gasteiger partial charge is 0.387 e. The molecule has 0 saturated heterocycles. The Hall–Kier alpha value is -1.44. The highest BCUT2D eigenvalue weighted by molar-refractivity contribution is 5.27. The van der Waals surface area contributed by atoms with Gasteiger partial charge in [-0.15, -0.1) is 13.2 Å². The number of rotatable bonds is 2. The van der Waals surface area contributed by atoms with Gasteiger partial charge < -0.3 is 10.5 Å². The fourth-order valence-electron chi connectivity index (χ4n) is 0.862. The van der Waals surface area contributed by atoms with Gasteiger partial charge in [-0.05, 0) is 0 Å². The number of halogens is 5. The van der Waals surface area contributed by atoms with E-state index < -0.39 is 36.0 Å². The second-order valence-electron chi connectivity index (χ2n) is 2.46. The van der Waals surface area contributed by atoms with E-state index in [-0.39, 0.29) is 6.20 Å². The van der Waals surface area contributed by atoms with Gasteiger partial charge in [0.05, 0.1) is 11.8 Å². The van der Waals surface area contributed by atoms with E-state index in [1.54, 1.807) is 0 Å². The summed E-state index contributed by atoms with van der Waals surface area (Å²) in [7, 11) is 0. The summed E-state index contributed by atoms with van der Waals surface area (Å²) < 4.78 is 64.1. The average molecular weight is 228 g/mol. The normalized spacial score (nSPS) is 11.6. The van der Waals surface area contributed by atoms with Crippen LogP contribution in [0.4, 0.5) is 22.0 Å². The molecule has 84 valence electrons. The summed E-state index contributed by atoms with van der Waals surface area (Å²) in [5.74, 6) is -3.96. The molecule has 1 aromatic rings. The van der Waals surface area contributed by atoms with Gasteiger partial charge in [-0.1, -0.05) is 0 Å². The van der Waals surface area contributed by atoms with Crippen LogP contribution in [-0.4, -0.2) is 11.3 Å². The second-order valence-corrected chi connectivity index (χ2v) is 2.46. The molecule has 8 heteroatoms. The molecule has 0 fully saturated rings. The fraction of sp³-hybridized carbons (Fsp3) is 0.286. The molecule has 0 aliphatic carbocycles. The molecule has 0 radical (unpaired) electrons. The Labute approximate surface area is 80.7 Å². The third kappa shape index (κ3) is 2.75. The number of hydrogen-bond donors (Lipinski definition) is 1. The van der Waals surface area contributed by atoms with Gasteiger partial charge in [0.25, 0.3) is 0 Å². The van der Waals surface area contributed by atoms with Crippen LogP contribution in [0.1, 0.15) is 5.56 Å². The molecular weight excluding hydrogens is 223 g/mol. The molecule has 0 atom stereocenters. The monoisotopic (exact) mass is 228 g/mol. The first-order chi connectivity index (χ1) is 6.85. The lowest BCUT2D eigenvalue weighted by molar-refractivity contribution is -0.276. The number of nitrogens with two attached hydrogens (primary N) is 1. The van der Waals surface area contributed by atoms with Crippen molar-refractivity contribution in [3.05, 3.63) is 23.4 Å². The summed E-state index contributed by atoms with van der Waals surface area (Å²) in [4.78, 5) is 2.96. The van der Waals surface area contributed by atoms with Crippen LogP contribution >= 0.6 is 0 Å². The van der Waals surface area contributed by atoms with Gasteiger partial charge in [0.2, 0.25) is 5.88 Å². The van der Waals surface area contributed by atoms with Crippen LogP contribution in [0.15, 0.2) is 6.20 Å². The summed E-state index contributed by atoms with van der Waals surface area (Å²) in [6.07, 6.45) is -4.74. The van der Waals surface area contributed by atoms with Crippen LogP contribution in [0.5, 0.6) is 5.88 Å². The highest BCUT2D eigenvalue weighted by Crippen LogP contribution is 2.26. The van der Waals surface area contributed by atoms with Crippen LogP contribution < -0.4 is 10.5 Å². The Morgan fingerprint density at radius 3 is 2.40 bits per heavy atom. The zero-order chi connectivity index (χ0) is 11.6. The van der Waals surface area contributed by atoms with Crippen molar-refractivity contribution in [2.75, 3.05) is 0 Å². The van der Waals surface area contributed by atoms with E-state index in [0.717, 1.165) is 0 Å². The summed E-state index contributed by atoms with van der Waals surface area (Å²) in [6, 6.07) is 0. The molecule has 0 aliphatic heterocycles. The number of hydrogen-bond acceptors (Lipinski definition) is 3. The van der Waals surface area contributed by atoms with Crippen molar-refractivity contribution in [1.82, 2.24) is 4.98 Å². The first-order valence-electron chi connectivity index (χ1n) is 3.64. The molecule has 1 heterocycles. The predicted molar refractivity (Wildman–Crippen MR) is 38.7 cm³/mol. The highest BCUT2D eigenvalue weighted by atomic mass is 19.4. The topological polar surface area (TPSA) is 48.1 Å². The molecule has 0 aromatic carbocycles. The van der Waals surface area contributed by atoms with Crippen LogP contribution in [0, 0.1) is 11.6 Å². The van der Waals surface area contributed by atoms with Gasteiger partial charge in [-0.3, -0.25) is 0 Å². The van der Waals surface area contributed by atoms with E-state index in [2.05, 4.69) is 9.72 Å². The Balaban J connectivity index is 3.14. The third-order valence-corrected chi connectivity index (χ3v) is 1.44. The lowest BCUT2D eigenvalue weighted by atomic mass is 10.2. The van der Waals surface area contributed by atoms with Crippen molar-refractivity contribution in [1.29, 1.82) is 0 Å².